The van der Waals surface area contributed by atoms with Crippen molar-refractivity contribution in [1.82, 2.24) is 14.5 Å². The first kappa shape index (κ1) is 12.9. The highest BCUT2D eigenvalue weighted by molar-refractivity contribution is 5.54. The minimum atomic E-state index is -0.111. The minimum Gasteiger partial charge on any atom is -0.493 e. The van der Waals surface area contributed by atoms with E-state index in [1.165, 1.54) is 17.2 Å². The van der Waals surface area contributed by atoms with Crippen molar-refractivity contribution in [3.8, 4) is 17.1 Å². The number of aromatic nitrogens is 3. The molecule has 22 heavy (non-hydrogen) atoms. The molecule has 110 valence electrons. The molecule has 3 heterocycles. The van der Waals surface area contributed by atoms with Crippen molar-refractivity contribution in [2.45, 2.75) is 13.0 Å². The minimum absolute atomic E-state index is 0.111. The maximum Gasteiger partial charge on any atom is 0.247 e. The van der Waals surface area contributed by atoms with E-state index in [1.807, 2.05) is 12.3 Å². The summed E-state index contributed by atoms with van der Waals surface area (Å²) in [6.45, 7) is 1.51. The van der Waals surface area contributed by atoms with E-state index < -0.39 is 0 Å². The predicted octanol–water partition coefficient (Wildman–Crippen LogP) is 2.22. The zero-order valence-corrected chi connectivity index (χ0v) is 12.0. The van der Waals surface area contributed by atoms with Gasteiger partial charge in [-0.25, -0.2) is 4.98 Å². The van der Waals surface area contributed by atoms with E-state index in [1.54, 1.807) is 18.5 Å². The van der Waals surface area contributed by atoms with Gasteiger partial charge in [0.2, 0.25) is 5.56 Å². The molecule has 0 atom stereocenters. The molecule has 1 N–H and O–H groups in total. The number of ether oxygens (including phenoxy) is 1. The molecule has 0 radical (unpaired) electrons. The van der Waals surface area contributed by atoms with Gasteiger partial charge < -0.3 is 14.3 Å². The molecule has 0 unspecified atom stereocenters. The van der Waals surface area contributed by atoms with Crippen LogP contribution in [0.1, 0.15) is 11.1 Å². The van der Waals surface area contributed by atoms with Crippen LogP contribution in [0.15, 0.2) is 53.7 Å². The molecule has 1 aliphatic heterocycles. The highest BCUT2D eigenvalue weighted by Gasteiger charge is 2.13. The van der Waals surface area contributed by atoms with Gasteiger partial charge in [-0.3, -0.25) is 4.79 Å². The molecule has 3 aromatic rings. The van der Waals surface area contributed by atoms with Crippen LogP contribution < -0.4 is 10.3 Å². The van der Waals surface area contributed by atoms with E-state index >= 15 is 0 Å². The molecule has 1 aromatic carbocycles. The smallest absolute Gasteiger partial charge is 0.247 e. The number of nitrogens with one attached hydrogen (secondary N) is 1. The van der Waals surface area contributed by atoms with Crippen LogP contribution >= 0.6 is 0 Å². The molecule has 0 amide bonds. The second-order valence-electron chi connectivity index (χ2n) is 5.36. The molecular weight excluding hydrogens is 278 g/mol. The number of H-pyrrole nitrogens is 1. The number of aromatic amines is 1. The summed E-state index contributed by atoms with van der Waals surface area (Å²) in [5.41, 5.74) is 3.27. The molecule has 0 aliphatic carbocycles. The maximum absolute atomic E-state index is 11.2. The largest absolute Gasteiger partial charge is 0.493 e. The summed E-state index contributed by atoms with van der Waals surface area (Å²) < 4.78 is 7.61. The van der Waals surface area contributed by atoms with Crippen LogP contribution in [-0.2, 0) is 13.0 Å². The Morgan fingerprint density at radius 2 is 2.23 bits per heavy atom. The Morgan fingerprint density at radius 3 is 3.09 bits per heavy atom. The lowest BCUT2D eigenvalue weighted by Crippen LogP contribution is -2.05. The fourth-order valence-electron chi connectivity index (χ4n) is 2.78. The quantitative estimate of drug-likeness (QED) is 0.805. The van der Waals surface area contributed by atoms with Crippen molar-refractivity contribution in [3.05, 3.63) is 70.4 Å². The van der Waals surface area contributed by atoms with Crippen LogP contribution in [0, 0.1) is 0 Å². The summed E-state index contributed by atoms with van der Waals surface area (Å²) in [6.07, 6.45) is 6.39. The number of imidazole rings is 1. The number of hydrogen-bond acceptors (Lipinski definition) is 3. The molecule has 4 rings (SSSR count). The summed E-state index contributed by atoms with van der Waals surface area (Å²) in [6, 6.07) is 9.61. The topological polar surface area (TPSA) is 59.9 Å². The third-order valence-electron chi connectivity index (χ3n) is 3.86. The van der Waals surface area contributed by atoms with Crippen molar-refractivity contribution in [3.63, 3.8) is 0 Å². The average Bonchev–Trinajstić information content (AvgIpc) is 3.17. The van der Waals surface area contributed by atoms with Crippen molar-refractivity contribution in [2.75, 3.05) is 6.61 Å². The molecule has 0 spiro atoms. The normalized spacial score (nSPS) is 12.9. The molecular formula is C17H15N3O2. The van der Waals surface area contributed by atoms with E-state index in [4.69, 9.17) is 4.74 Å². The van der Waals surface area contributed by atoms with Crippen molar-refractivity contribution in [1.29, 1.82) is 0 Å². The number of fused-ring (bicyclic) bond motifs is 1. The Kier molecular flexibility index (Phi) is 3.04. The van der Waals surface area contributed by atoms with E-state index in [0.717, 1.165) is 36.7 Å². The standard InChI is InChI=1S/C17H15N3O2/c21-16-4-2-14(10-19-16)17-18-6-7-20(17)11-12-1-3-15-13(9-12)5-8-22-15/h1-4,6-7,9-10H,5,8,11H2,(H,19,21). The Bertz CT molecular complexity index is 859. The second-order valence-corrected chi connectivity index (χ2v) is 5.36. The maximum atomic E-state index is 11.2. The van der Waals surface area contributed by atoms with Crippen molar-refractivity contribution >= 4 is 0 Å². The fourth-order valence-corrected chi connectivity index (χ4v) is 2.78. The van der Waals surface area contributed by atoms with Crippen LogP contribution in [-0.4, -0.2) is 21.1 Å². The second kappa shape index (κ2) is 5.18. The molecule has 0 bridgehead atoms. The molecule has 5 nitrogen and oxygen atoms in total. The molecule has 0 fully saturated rings. The number of pyridine rings is 1. The lowest BCUT2D eigenvalue weighted by atomic mass is 10.1. The third kappa shape index (κ3) is 2.30. The Balaban J connectivity index is 1.65. The molecule has 0 saturated carbocycles. The number of nitrogens with zero attached hydrogens (tertiary/aromatic N) is 2. The van der Waals surface area contributed by atoms with Gasteiger partial charge >= 0.3 is 0 Å². The first-order chi connectivity index (χ1) is 10.8. The van der Waals surface area contributed by atoms with Gasteiger partial charge in [-0.1, -0.05) is 12.1 Å². The van der Waals surface area contributed by atoms with Crippen LogP contribution in [0.25, 0.3) is 11.4 Å². The number of rotatable bonds is 3. The van der Waals surface area contributed by atoms with E-state index in [-0.39, 0.29) is 5.56 Å². The first-order valence-corrected chi connectivity index (χ1v) is 7.24. The zero-order chi connectivity index (χ0) is 14.9. The van der Waals surface area contributed by atoms with Gasteiger partial charge in [-0.05, 0) is 23.3 Å². The summed E-state index contributed by atoms with van der Waals surface area (Å²) in [5, 5.41) is 0. The van der Waals surface area contributed by atoms with Gasteiger partial charge in [0.05, 0.1) is 6.61 Å². The molecule has 5 heteroatoms. The highest BCUT2D eigenvalue weighted by Crippen LogP contribution is 2.26. The summed E-state index contributed by atoms with van der Waals surface area (Å²) >= 11 is 0. The Hall–Kier alpha value is -2.82. The van der Waals surface area contributed by atoms with Gasteiger partial charge in [-0.2, -0.15) is 0 Å². The van der Waals surface area contributed by atoms with Gasteiger partial charge in [0, 0.05) is 43.2 Å². The summed E-state index contributed by atoms with van der Waals surface area (Å²) in [5.74, 6) is 1.84. The lowest BCUT2D eigenvalue weighted by Gasteiger charge is -2.09. The van der Waals surface area contributed by atoms with Crippen LogP contribution in [0.4, 0.5) is 0 Å². The Morgan fingerprint density at radius 1 is 1.27 bits per heavy atom. The van der Waals surface area contributed by atoms with Crippen LogP contribution in [0.5, 0.6) is 5.75 Å². The lowest BCUT2D eigenvalue weighted by molar-refractivity contribution is 0.357. The van der Waals surface area contributed by atoms with Gasteiger partial charge in [0.25, 0.3) is 0 Å². The fraction of sp³-hybridized carbons (Fsp3) is 0.176. The van der Waals surface area contributed by atoms with Gasteiger partial charge in [-0.15, -0.1) is 0 Å². The monoisotopic (exact) mass is 293 g/mol. The van der Waals surface area contributed by atoms with E-state index in [2.05, 4.69) is 26.7 Å². The summed E-state index contributed by atoms with van der Waals surface area (Å²) in [7, 11) is 0. The first-order valence-electron chi connectivity index (χ1n) is 7.24. The number of benzene rings is 1. The zero-order valence-electron chi connectivity index (χ0n) is 12.0. The van der Waals surface area contributed by atoms with E-state index in [9.17, 15) is 4.79 Å². The number of hydrogen-bond donors (Lipinski definition) is 1. The Labute approximate surface area is 127 Å². The van der Waals surface area contributed by atoms with Crippen LogP contribution in [0.3, 0.4) is 0 Å². The van der Waals surface area contributed by atoms with Crippen molar-refractivity contribution in [2.24, 2.45) is 0 Å². The van der Waals surface area contributed by atoms with E-state index in [0.29, 0.717) is 0 Å². The third-order valence-corrected chi connectivity index (χ3v) is 3.86. The highest BCUT2D eigenvalue weighted by atomic mass is 16.5. The SMILES string of the molecule is O=c1ccc(-c2nccn2Cc2ccc3c(c2)CCO3)c[nH]1. The van der Waals surface area contributed by atoms with Crippen LogP contribution in [0.2, 0.25) is 0 Å². The van der Waals surface area contributed by atoms with Crippen molar-refractivity contribution < 1.29 is 4.74 Å². The van der Waals surface area contributed by atoms with Gasteiger partial charge in [0.15, 0.2) is 0 Å². The summed E-state index contributed by atoms with van der Waals surface area (Å²) in [4.78, 5) is 18.3. The molecule has 2 aromatic heterocycles. The molecule has 1 aliphatic rings. The van der Waals surface area contributed by atoms with Gasteiger partial charge in [0.1, 0.15) is 11.6 Å². The predicted molar refractivity (Wildman–Crippen MR) is 83.0 cm³/mol. The molecule has 0 saturated heterocycles. The average molecular weight is 293 g/mol.